The molecule has 0 atom stereocenters. The highest BCUT2D eigenvalue weighted by Gasteiger charge is 2.12. The largest absolute Gasteiger partial charge is 0.348 e. The Morgan fingerprint density at radius 3 is 2.62 bits per heavy atom. The molecule has 0 bridgehead atoms. The molecule has 122 valence electrons. The van der Waals surface area contributed by atoms with Gasteiger partial charge < -0.3 is 15.6 Å². The fourth-order valence-electron chi connectivity index (χ4n) is 2.37. The fraction of sp³-hybridized carbons (Fsp3) is 0.111. The van der Waals surface area contributed by atoms with E-state index >= 15 is 0 Å². The summed E-state index contributed by atoms with van der Waals surface area (Å²) >= 11 is 0. The number of rotatable bonds is 5. The van der Waals surface area contributed by atoms with Gasteiger partial charge in [0.15, 0.2) is 0 Å². The molecule has 0 aliphatic rings. The number of hydrogen-bond donors (Lipinski definition) is 2. The number of nitrogens with one attached hydrogen (secondary N) is 1. The van der Waals surface area contributed by atoms with E-state index in [9.17, 15) is 9.18 Å². The Morgan fingerprint density at radius 1 is 1.17 bits per heavy atom. The molecule has 3 aromatic rings. The lowest BCUT2D eigenvalue weighted by Crippen LogP contribution is -2.24. The van der Waals surface area contributed by atoms with Crippen molar-refractivity contribution < 1.29 is 9.18 Å². The number of amides is 1. The van der Waals surface area contributed by atoms with Crippen molar-refractivity contribution in [3.8, 4) is 5.69 Å². The Morgan fingerprint density at radius 2 is 1.92 bits per heavy atom. The first-order valence-corrected chi connectivity index (χ1v) is 7.52. The number of halogens is 1. The fourth-order valence-corrected chi connectivity index (χ4v) is 2.37. The molecule has 0 unspecified atom stereocenters. The summed E-state index contributed by atoms with van der Waals surface area (Å²) in [7, 11) is 0. The predicted molar refractivity (Wildman–Crippen MR) is 89.0 cm³/mol. The van der Waals surface area contributed by atoms with Gasteiger partial charge in [-0.1, -0.05) is 24.3 Å². The summed E-state index contributed by atoms with van der Waals surface area (Å²) in [4.78, 5) is 16.7. The van der Waals surface area contributed by atoms with Crippen molar-refractivity contribution in [3.05, 3.63) is 83.7 Å². The molecular weight excluding hydrogens is 307 g/mol. The van der Waals surface area contributed by atoms with Crippen LogP contribution in [-0.2, 0) is 13.1 Å². The Balaban J connectivity index is 1.78. The number of nitrogens with two attached hydrogens (primary N) is 1. The summed E-state index contributed by atoms with van der Waals surface area (Å²) in [5, 5.41) is 2.85. The number of benzene rings is 2. The minimum Gasteiger partial charge on any atom is -0.348 e. The summed E-state index contributed by atoms with van der Waals surface area (Å²) in [6, 6.07) is 13.3. The van der Waals surface area contributed by atoms with E-state index in [-0.39, 0.29) is 11.7 Å². The lowest BCUT2D eigenvalue weighted by atomic mass is 10.1. The van der Waals surface area contributed by atoms with Crippen LogP contribution in [0.1, 0.15) is 21.6 Å². The van der Waals surface area contributed by atoms with Gasteiger partial charge in [0, 0.05) is 19.3 Å². The van der Waals surface area contributed by atoms with E-state index in [1.165, 1.54) is 12.1 Å². The summed E-state index contributed by atoms with van der Waals surface area (Å²) in [5.41, 5.74) is 8.41. The van der Waals surface area contributed by atoms with Crippen LogP contribution in [0.2, 0.25) is 0 Å². The van der Waals surface area contributed by atoms with Gasteiger partial charge in [-0.2, -0.15) is 0 Å². The van der Waals surface area contributed by atoms with Crippen molar-refractivity contribution in [2.24, 2.45) is 5.73 Å². The van der Waals surface area contributed by atoms with Gasteiger partial charge in [-0.25, -0.2) is 9.37 Å². The molecule has 0 saturated heterocycles. The highest BCUT2D eigenvalue weighted by atomic mass is 19.1. The minimum absolute atomic E-state index is 0.210. The van der Waals surface area contributed by atoms with E-state index in [0.717, 1.165) is 16.9 Å². The zero-order valence-electron chi connectivity index (χ0n) is 12.9. The first-order chi connectivity index (χ1) is 11.7. The number of imidazole rings is 1. The molecule has 0 fully saturated rings. The monoisotopic (exact) mass is 324 g/mol. The second kappa shape index (κ2) is 7.06. The van der Waals surface area contributed by atoms with Crippen LogP contribution < -0.4 is 11.1 Å². The standard InChI is InChI=1S/C18H17FN4O/c19-14-7-5-13(6-8-14)10-21-18(24)16-3-1-2-4-17(16)23-11-15(9-20)22-12-23/h1-8,11-12H,9-10,20H2,(H,21,24). The van der Waals surface area contributed by atoms with Crippen LogP contribution in [0, 0.1) is 5.82 Å². The molecule has 1 aromatic heterocycles. The average molecular weight is 324 g/mol. The van der Waals surface area contributed by atoms with Gasteiger partial charge in [-0.3, -0.25) is 4.79 Å². The number of nitrogens with zero attached hydrogens (tertiary/aromatic N) is 2. The van der Waals surface area contributed by atoms with E-state index < -0.39 is 0 Å². The Bertz CT molecular complexity index is 842. The first kappa shape index (κ1) is 15.9. The van der Waals surface area contributed by atoms with Gasteiger partial charge in [0.25, 0.3) is 5.91 Å². The van der Waals surface area contributed by atoms with Crippen molar-refractivity contribution in [1.29, 1.82) is 0 Å². The minimum atomic E-state index is -0.300. The number of carbonyl (C=O) groups is 1. The summed E-state index contributed by atoms with van der Waals surface area (Å²) < 4.78 is 14.7. The van der Waals surface area contributed by atoms with Gasteiger partial charge in [0.05, 0.1) is 23.3 Å². The second-order valence-electron chi connectivity index (χ2n) is 5.30. The molecule has 0 spiro atoms. The number of aromatic nitrogens is 2. The number of hydrogen-bond acceptors (Lipinski definition) is 3. The van der Waals surface area contributed by atoms with Crippen molar-refractivity contribution in [2.75, 3.05) is 0 Å². The smallest absolute Gasteiger partial charge is 0.253 e. The molecule has 1 heterocycles. The number of carbonyl (C=O) groups excluding carboxylic acids is 1. The maximum atomic E-state index is 12.9. The molecule has 3 rings (SSSR count). The Hall–Kier alpha value is -2.99. The molecule has 0 aliphatic heterocycles. The van der Waals surface area contributed by atoms with Crippen LogP contribution in [0.15, 0.2) is 61.1 Å². The van der Waals surface area contributed by atoms with E-state index in [2.05, 4.69) is 10.3 Å². The average Bonchev–Trinajstić information content (AvgIpc) is 3.10. The van der Waals surface area contributed by atoms with E-state index in [1.54, 1.807) is 41.4 Å². The molecule has 0 aliphatic carbocycles. The van der Waals surface area contributed by atoms with Crippen LogP contribution in [-0.4, -0.2) is 15.5 Å². The predicted octanol–water partition coefficient (Wildman–Crippen LogP) is 2.40. The molecule has 0 radical (unpaired) electrons. The summed E-state index contributed by atoms with van der Waals surface area (Å²) in [6.07, 6.45) is 3.43. The quantitative estimate of drug-likeness (QED) is 0.757. The normalized spacial score (nSPS) is 10.6. The van der Waals surface area contributed by atoms with Crippen molar-refractivity contribution in [2.45, 2.75) is 13.1 Å². The second-order valence-corrected chi connectivity index (χ2v) is 5.30. The zero-order chi connectivity index (χ0) is 16.9. The first-order valence-electron chi connectivity index (χ1n) is 7.52. The van der Waals surface area contributed by atoms with Crippen molar-refractivity contribution >= 4 is 5.91 Å². The lowest BCUT2D eigenvalue weighted by molar-refractivity contribution is 0.0951. The van der Waals surface area contributed by atoms with Gasteiger partial charge in [0.1, 0.15) is 5.82 Å². The van der Waals surface area contributed by atoms with E-state index in [0.29, 0.717) is 18.7 Å². The van der Waals surface area contributed by atoms with Crippen LogP contribution in [0.25, 0.3) is 5.69 Å². The molecule has 1 amide bonds. The highest BCUT2D eigenvalue weighted by molar-refractivity contribution is 5.97. The molecular formula is C18H17FN4O. The van der Waals surface area contributed by atoms with Gasteiger partial charge in [0.2, 0.25) is 0 Å². The molecule has 2 aromatic carbocycles. The van der Waals surface area contributed by atoms with Crippen LogP contribution >= 0.6 is 0 Å². The van der Waals surface area contributed by atoms with E-state index in [4.69, 9.17) is 5.73 Å². The van der Waals surface area contributed by atoms with E-state index in [1.807, 2.05) is 12.1 Å². The molecule has 3 N–H and O–H groups in total. The molecule has 5 nitrogen and oxygen atoms in total. The van der Waals surface area contributed by atoms with Crippen LogP contribution in [0.3, 0.4) is 0 Å². The zero-order valence-corrected chi connectivity index (χ0v) is 12.9. The SMILES string of the molecule is NCc1cn(-c2ccccc2C(=O)NCc2ccc(F)cc2)cn1. The van der Waals surface area contributed by atoms with Crippen molar-refractivity contribution in [3.63, 3.8) is 0 Å². The van der Waals surface area contributed by atoms with Crippen LogP contribution in [0.5, 0.6) is 0 Å². The molecule has 6 heteroatoms. The maximum Gasteiger partial charge on any atom is 0.253 e. The summed E-state index contributed by atoms with van der Waals surface area (Å²) in [5.74, 6) is -0.510. The Labute approximate surface area is 138 Å². The molecule has 0 saturated carbocycles. The lowest BCUT2D eigenvalue weighted by Gasteiger charge is -2.11. The Kier molecular flexibility index (Phi) is 4.67. The number of para-hydroxylation sites is 1. The third kappa shape index (κ3) is 3.49. The summed E-state index contributed by atoms with van der Waals surface area (Å²) in [6.45, 7) is 0.664. The van der Waals surface area contributed by atoms with Gasteiger partial charge in [-0.05, 0) is 29.8 Å². The highest BCUT2D eigenvalue weighted by Crippen LogP contribution is 2.15. The topological polar surface area (TPSA) is 72.9 Å². The van der Waals surface area contributed by atoms with Gasteiger partial charge in [-0.15, -0.1) is 0 Å². The third-order valence-electron chi connectivity index (χ3n) is 3.64. The van der Waals surface area contributed by atoms with Gasteiger partial charge >= 0.3 is 0 Å². The molecule has 24 heavy (non-hydrogen) atoms. The third-order valence-corrected chi connectivity index (χ3v) is 3.64. The van der Waals surface area contributed by atoms with Crippen LogP contribution in [0.4, 0.5) is 4.39 Å². The van der Waals surface area contributed by atoms with Crippen molar-refractivity contribution in [1.82, 2.24) is 14.9 Å². The maximum absolute atomic E-state index is 12.9.